The summed E-state index contributed by atoms with van der Waals surface area (Å²) >= 11 is 0. The minimum atomic E-state index is -1.42. The van der Waals surface area contributed by atoms with E-state index in [0.29, 0.717) is 6.54 Å². The van der Waals surface area contributed by atoms with Crippen LogP contribution in [0.3, 0.4) is 0 Å². The van der Waals surface area contributed by atoms with Gasteiger partial charge in [-0.2, -0.15) is 0 Å². The molecule has 1 nitrogen and oxygen atoms in total. The van der Waals surface area contributed by atoms with Crippen molar-refractivity contribution in [2.24, 2.45) is 0 Å². The van der Waals surface area contributed by atoms with Gasteiger partial charge >= 0.3 is 0 Å². The number of likely N-dealkylation sites (N-methyl/N-ethyl adjacent to an activating group) is 1. The van der Waals surface area contributed by atoms with Crippen molar-refractivity contribution in [3.8, 4) is 0 Å². The summed E-state index contributed by atoms with van der Waals surface area (Å²) in [5, 5.41) is 3.16. The maximum absolute atomic E-state index is 14.1. The third kappa shape index (κ3) is 3.27. The van der Waals surface area contributed by atoms with Gasteiger partial charge in [-0.05, 0) is 18.2 Å². The van der Waals surface area contributed by atoms with E-state index in [0.717, 1.165) is 11.6 Å². The lowest BCUT2D eigenvalue weighted by atomic mass is 9.88. The van der Waals surface area contributed by atoms with Crippen LogP contribution in [0.2, 0.25) is 0 Å². The van der Waals surface area contributed by atoms with Crippen LogP contribution in [0.1, 0.15) is 36.9 Å². The summed E-state index contributed by atoms with van der Waals surface area (Å²) in [6.07, 6.45) is 0. The van der Waals surface area contributed by atoms with Crippen molar-refractivity contribution in [3.63, 3.8) is 0 Å². The third-order valence-corrected chi connectivity index (χ3v) is 3.65. The molecule has 0 bridgehead atoms. The predicted molar refractivity (Wildman–Crippen MR) is 77.6 cm³/mol. The molecule has 0 heterocycles. The van der Waals surface area contributed by atoms with E-state index >= 15 is 0 Å². The standard InChI is InChI=1S/C17H18F3N/c1-3-21-17(11(2)12-7-5-4-6-8-12)13-9-10-14(18)16(20)15(13)19/h4-11,17,21H,3H2,1-2H3. The molecule has 2 aromatic rings. The third-order valence-electron chi connectivity index (χ3n) is 3.65. The molecule has 0 spiro atoms. The minimum absolute atomic E-state index is 0.0782. The number of benzene rings is 2. The second kappa shape index (κ2) is 6.76. The molecule has 1 N–H and O–H groups in total. The highest BCUT2D eigenvalue weighted by molar-refractivity contribution is 5.29. The molecule has 21 heavy (non-hydrogen) atoms. The fourth-order valence-electron chi connectivity index (χ4n) is 2.51. The van der Waals surface area contributed by atoms with Crippen LogP contribution in [-0.4, -0.2) is 6.54 Å². The van der Waals surface area contributed by atoms with E-state index in [1.54, 1.807) is 0 Å². The molecule has 0 radical (unpaired) electrons. The number of hydrogen-bond acceptors (Lipinski definition) is 1. The normalized spacial score (nSPS) is 14.0. The van der Waals surface area contributed by atoms with Crippen LogP contribution in [0.4, 0.5) is 13.2 Å². The Hall–Kier alpha value is -1.81. The van der Waals surface area contributed by atoms with Gasteiger partial charge in [0.1, 0.15) is 0 Å². The molecule has 2 unspecified atom stereocenters. The summed E-state index contributed by atoms with van der Waals surface area (Å²) in [5.74, 6) is -3.79. The zero-order valence-electron chi connectivity index (χ0n) is 12.0. The van der Waals surface area contributed by atoms with Crippen LogP contribution in [0.15, 0.2) is 42.5 Å². The number of halogens is 3. The molecule has 0 saturated carbocycles. The van der Waals surface area contributed by atoms with Crippen LogP contribution in [0.5, 0.6) is 0 Å². The molecule has 0 saturated heterocycles. The van der Waals surface area contributed by atoms with E-state index in [9.17, 15) is 13.2 Å². The SMILES string of the molecule is CCNC(c1ccc(F)c(F)c1F)C(C)c1ccccc1. The number of rotatable bonds is 5. The van der Waals surface area contributed by atoms with Gasteiger partial charge in [0.2, 0.25) is 0 Å². The Balaban J connectivity index is 2.42. The summed E-state index contributed by atoms with van der Waals surface area (Å²) in [6.45, 7) is 4.42. The largest absolute Gasteiger partial charge is 0.310 e. The van der Waals surface area contributed by atoms with Crippen LogP contribution in [0.25, 0.3) is 0 Å². The van der Waals surface area contributed by atoms with E-state index in [-0.39, 0.29) is 11.5 Å². The molecule has 2 atom stereocenters. The first-order chi connectivity index (χ1) is 10.1. The van der Waals surface area contributed by atoms with Crippen molar-refractivity contribution in [3.05, 3.63) is 71.0 Å². The second-order valence-corrected chi connectivity index (χ2v) is 5.00. The Kier molecular flexibility index (Phi) is 5.02. The Bertz CT molecular complexity index is 598. The topological polar surface area (TPSA) is 12.0 Å². The Morgan fingerprint density at radius 2 is 1.62 bits per heavy atom. The molecule has 4 heteroatoms. The maximum atomic E-state index is 14.1. The second-order valence-electron chi connectivity index (χ2n) is 5.00. The van der Waals surface area contributed by atoms with Crippen molar-refractivity contribution in [2.75, 3.05) is 6.54 Å². The van der Waals surface area contributed by atoms with E-state index < -0.39 is 23.5 Å². The molecule has 0 aliphatic rings. The number of hydrogen-bond donors (Lipinski definition) is 1. The molecular formula is C17H18F3N. The molecule has 2 aromatic carbocycles. The van der Waals surface area contributed by atoms with E-state index in [1.807, 2.05) is 44.2 Å². The highest BCUT2D eigenvalue weighted by Crippen LogP contribution is 2.33. The van der Waals surface area contributed by atoms with Gasteiger partial charge < -0.3 is 5.32 Å². The Morgan fingerprint density at radius 3 is 2.24 bits per heavy atom. The first-order valence-corrected chi connectivity index (χ1v) is 6.98. The lowest BCUT2D eigenvalue weighted by Crippen LogP contribution is -2.27. The number of nitrogens with one attached hydrogen (secondary N) is 1. The van der Waals surface area contributed by atoms with Crippen molar-refractivity contribution in [1.82, 2.24) is 5.32 Å². The van der Waals surface area contributed by atoms with Crippen LogP contribution in [0, 0.1) is 17.5 Å². The lowest BCUT2D eigenvalue weighted by molar-refractivity contribution is 0.410. The quantitative estimate of drug-likeness (QED) is 0.797. The smallest absolute Gasteiger partial charge is 0.194 e. The van der Waals surface area contributed by atoms with Gasteiger partial charge in [-0.15, -0.1) is 0 Å². The zero-order chi connectivity index (χ0) is 15.4. The average Bonchev–Trinajstić information content (AvgIpc) is 2.51. The fraction of sp³-hybridized carbons (Fsp3) is 0.294. The van der Waals surface area contributed by atoms with Crippen molar-refractivity contribution in [1.29, 1.82) is 0 Å². The predicted octanol–water partition coefficient (Wildman–Crippen LogP) is 4.56. The molecule has 0 aromatic heterocycles. The molecule has 2 rings (SSSR count). The van der Waals surface area contributed by atoms with Gasteiger partial charge in [-0.3, -0.25) is 0 Å². The van der Waals surface area contributed by atoms with Crippen molar-refractivity contribution in [2.45, 2.75) is 25.8 Å². The summed E-state index contributed by atoms with van der Waals surface area (Å²) < 4.78 is 40.6. The van der Waals surface area contributed by atoms with Gasteiger partial charge in [0.05, 0.1) is 0 Å². The summed E-state index contributed by atoms with van der Waals surface area (Å²) in [6, 6.07) is 11.4. The van der Waals surface area contributed by atoms with E-state index in [4.69, 9.17) is 0 Å². The van der Waals surface area contributed by atoms with Gasteiger partial charge in [-0.1, -0.05) is 50.2 Å². The van der Waals surface area contributed by atoms with E-state index in [2.05, 4.69) is 5.32 Å². The van der Waals surface area contributed by atoms with E-state index in [1.165, 1.54) is 6.07 Å². The maximum Gasteiger partial charge on any atom is 0.194 e. The first kappa shape index (κ1) is 15.6. The van der Waals surface area contributed by atoms with Gasteiger partial charge in [0.15, 0.2) is 17.5 Å². The first-order valence-electron chi connectivity index (χ1n) is 6.98. The van der Waals surface area contributed by atoms with Crippen LogP contribution >= 0.6 is 0 Å². The summed E-state index contributed by atoms with van der Waals surface area (Å²) in [4.78, 5) is 0. The molecular weight excluding hydrogens is 275 g/mol. The molecule has 0 amide bonds. The summed E-state index contributed by atoms with van der Waals surface area (Å²) in [5.41, 5.74) is 1.15. The highest BCUT2D eigenvalue weighted by atomic mass is 19.2. The van der Waals surface area contributed by atoms with Crippen molar-refractivity contribution < 1.29 is 13.2 Å². The van der Waals surface area contributed by atoms with Gasteiger partial charge in [-0.25, -0.2) is 13.2 Å². The Labute approximate surface area is 122 Å². The lowest BCUT2D eigenvalue weighted by Gasteiger charge is -2.26. The monoisotopic (exact) mass is 293 g/mol. The minimum Gasteiger partial charge on any atom is -0.310 e. The summed E-state index contributed by atoms with van der Waals surface area (Å²) in [7, 11) is 0. The molecule has 112 valence electrons. The zero-order valence-corrected chi connectivity index (χ0v) is 12.0. The molecule has 0 fully saturated rings. The average molecular weight is 293 g/mol. The molecule has 0 aliphatic heterocycles. The van der Waals surface area contributed by atoms with Crippen LogP contribution < -0.4 is 5.32 Å². The Morgan fingerprint density at radius 1 is 0.952 bits per heavy atom. The van der Waals surface area contributed by atoms with Gasteiger partial charge in [0, 0.05) is 17.5 Å². The van der Waals surface area contributed by atoms with Gasteiger partial charge in [0.25, 0.3) is 0 Å². The van der Waals surface area contributed by atoms with Crippen LogP contribution in [-0.2, 0) is 0 Å². The van der Waals surface area contributed by atoms with Crippen molar-refractivity contribution >= 4 is 0 Å². The fourth-order valence-corrected chi connectivity index (χ4v) is 2.51. The molecule has 0 aliphatic carbocycles. The highest BCUT2D eigenvalue weighted by Gasteiger charge is 2.25.